The zero-order chi connectivity index (χ0) is 10.5. The molecule has 0 radical (unpaired) electrons. The highest BCUT2D eigenvalue weighted by Crippen LogP contribution is 2.27. The second-order valence-corrected chi connectivity index (χ2v) is 3.50. The molecule has 0 aliphatic carbocycles. The molecule has 0 aliphatic heterocycles. The molecule has 0 aromatic carbocycles. The van der Waals surface area contributed by atoms with Crippen LogP contribution in [0.5, 0.6) is 0 Å². The Morgan fingerprint density at radius 2 is 2.07 bits per heavy atom. The fraction of sp³-hybridized carbons (Fsp3) is 0.400. The van der Waals surface area contributed by atoms with Crippen molar-refractivity contribution in [3.05, 3.63) is 17.0 Å². The molecule has 2 heterocycles. The van der Waals surface area contributed by atoms with Crippen molar-refractivity contribution in [1.82, 2.24) is 9.78 Å². The first kappa shape index (κ1) is 8.99. The van der Waals surface area contributed by atoms with Crippen molar-refractivity contribution in [1.29, 1.82) is 0 Å². The van der Waals surface area contributed by atoms with Crippen LogP contribution >= 0.6 is 0 Å². The van der Waals surface area contributed by atoms with E-state index in [1.807, 2.05) is 20.9 Å². The molecule has 2 aromatic heterocycles. The first-order valence-electron chi connectivity index (χ1n) is 4.46. The van der Waals surface area contributed by atoms with E-state index in [9.17, 15) is 4.79 Å². The van der Waals surface area contributed by atoms with Crippen molar-refractivity contribution >= 4 is 16.9 Å². The van der Waals surface area contributed by atoms with E-state index in [1.54, 1.807) is 4.68 Å². The van der Waals surface area contributed by atoms with Gasteiger partial charge in [0.25, 0.3) is 0 Å². The quantitative estimate of drug-likeness (QED) is 0.649. The second kappa shape index (κ2) is 2.70. The van der Waals surface area contributed by atoms with Crippen molar-refractivity contribution < 1.29 is 9.21 Å². The number of Topliss-reactive ketones (excluding diaryl/α,β-unsaturated/α-hetero) is 1. The van der Waals surface area contributed by atoms with Gasteiger partial charge in [0.05, 0.1) is 5.39 Å². The van der Waals surface area contributed by atoms with Crippen LogP contribution in [0.15, 0.2) is 4.42 Å². The van der Waals surface area contributed by atoms with E-state index in [0.717, 1.165) is 16.6 Å². The lowest BCUT2D eigenvalue weighted by Gasteiger charge is -1.94. The van der Waals surface area contributed by atoms with Crippen molar-refractivity contribution in [2.45, 2.75) is 20.8 Å². The third kappa shape index (κ3) is 0.999. The van der Waals surface area contributed by atoms with E-state index in [0.29, 0.717) is 11.5 Å². The first-order chi connectivity index (χ1) is 6.52. The first-order valence-corrected chi connectivity index (χ1v) is 4.46. The van der Waals surface area contributed by atoms with Crippen LogP contribution in [0.1, 0.15) is 28.7 Å². The average Bonchev–Trinajstić information content (AvgIpc) is 2.54. The number of furan rings is 1. The largest absolute Gasteiger partial charge is 0.433 e. The number of hydrogen-bond acceptors (Lipinski definition) is 3. The third-order valence-corrected chi connectivity index (χ3v) is 2.54. The molecule has 4 nitrogen and oxygen atoms in total. The number of hydrogen-bond donors (Lipinski definition) is 0. The highest BCUT2D eigenvalue weighted by Gasteiger charge is 2.18. The van der Waals surface area contributed by atoms with Crippen molar-refractivity contribution in [2.24, 2.45) is 7.05 Å². The zero-order valence-corrected chi connectivity index (χ0v) is 8.71. The summed E-state index contributed by atoms with van der Waals surface area (Å²) in [4.78, 5) is 11.2. The Bertz CT molecular complexity index is 520. The molecule has 0 saturated carbocycles. The molecule has 0 bridgehead atoms. The Morgan fingerprint density at radius 1 is 1.43 bits per heavy atom. The standard InChI is InChI=1S/C10H12N2O2/c1-5-8-6(2)12(4)11-10(8)14-9(5)7(3)13/h1-4H3. The number of fused-ring (bicyclic) bond motifs is 1. The van der Waals surface area contributed by atoms with Gasteiger partial charge in [0.1, 0.15) is 0 Å². The van der Waals surface area contributed by atoms with E-state index in [1.165, 1.54) is 6.92 Å². The summed E-state index contributed by atoms with van der Waals surface area (Å²) in [6.45, 7) is 5.35. The van der Waals surface area contributed by atoms with Gasteiger partial charge in [-0.3, -0.25) is 9.48 Å². The second-order valence-electron chi connectivity index (χ2n) is 3.50. The zero-order valence-electron chi connectivity index (χ0n) is 8.71. The molecule has 74 valence electrons. The van der Waals surface area contributed by atoms with E-state index in [2.05, 4.69) is 5.10 Å². The van der Waals surface area contributed by atoms with E-state index in [4.69, 9.17) is 4.42 Å². The van der Waals surface area contributed by atoms with Crippen LogP contribution in [0.3, 0.4) is 0 Å². The summed E-state index contributed by atoms with van der Waals surface area (Å²) in [7, 11) is 1.86. The maximum Gasteiger partial charge on any atom is 0.246 e. The Balaban J connectivity index is 2.84. The Morgan fingerprint density at radius 3 is 2.57 bits per heavy atom. The molecule has 0 amide bonds. The maximum absolute atomic E-state index is 11.2. The van der Waals surface area contributed by atoms with Crippen molar-refractivity contribution in [2.75, 3.05) is 0 Å². The summed E-state index contributed by atoms with van der Waals surface area (Å²) in [5.74, 6) is 0.369. The molecule has 0 aliphatic rings. The Kier molecular flexibility index (Phi) is 1.74. The number of carbonyl (C=O) groups excluding carboxylic acids is 1. The van der Waals surface area contributed by atoms with Gasteiger partial charge in [-0.15, -0.1) is 5.10 Å². The molecule has 0 N–H and O–H groups in total. The molecule has 2 rings (SSSR count). The lowest BCUT2D eigenvalue weighted by atomic mass is 10.1. The average molecular weight is 192 g/mol. The van der Waals surface area contributed by atoms with Gasteiger partial charge >= 0.3 is 0 Å². The highest BCUT2D eigenvalue weighted by atomic mass is 16.4. The van der Waals surface area contributed by atoms with Crippen LogP contribution in [0.25, 0.3) is 11.1 Å². The van der Waals surface area contributed by atoms with Crippen molar-refractivity contribution in [3.8, 4) is 0 Å². The van der Waals surface area contributed by atoms with Crippen molar-refractivity contribution in [3.63, 3.8) is 0 Å². The monoisotopic (exact) mass is 192 g/mol. The molecule has 0 spiro atoms. The van der Waals surface area contributed by atoms with Gasteiger partial charge in [-0.25, -0.2) is 0 Å². The predicted molar refractivity (Wildman–Crippen MR) is 52.5 cm³/mol. The van der Waals surface area contributed by atoms with E-state index >= 15 is 0 Å². The topological polar surface area (TPSA) is 48.0 Å². The van der Waals surface area contributed by atoms with Crippen LogP contribution in [0, 0.1) is 13.8 Å². The SMILES string of the molecule is CC(=O)c1oc2nn(C)c(C)c2c1C. The lowest BCUT2D eigenvalue weighted by Crippen LogP contribution is -1.95. The molecular formula is C10H12N2O2. The Hall–Kier alpha value is -1.58. The number of rotatable bonds is 1. The molecule has 2 aromatic rings. The molecule has 0 fully saturated rings. The van der Waals surface area contributed by atoms with Crippen LogP contribution < -0.4 is 0 Å². The lowest BCUT2D eigenvalue weighted by molar-refractivity contribution is 0.0988. The molecule has 0 atom stereocenters. The van der Waals surface area contributed by atoms with Crippen LogP contribution in [-0.4, -0.2) is 15.6 Å². The highest BCUT2D eigenvalue weighted by molar-refractivity contribution is 5.98. The van der Waals surface area contributed by atoms with Crippen LogP contribution in [0.2, 0.25) is 0 Å². The number of nitrogens with zero attached hydrogens (tertiary/aromatic N) is 2. The molecular weight excluding hydrogens is 180 g/mol. The van der Waals surface area contributed by atoms with Gasteiger partial charge in [-0.05, 0) is 13.8 Å². The van der Waals surface area contributed by atoms with Crippen LogP contribution in [-0.2, 0) is 7.05 Å². The molecule has 14 heavy (non-hydrogen) atoms. The molecule has 4 heteroatoms. The number of carbonyl (C=O) groups is 1. The minimum atomic E-state index is -0.0532. The number of aromatic nitrogens is 2. The van der Waals surface area contributed by atoms with Gasteiger partial charge in [0, 0.05) is 25.2 Å². The molecule has 0 unspecified atom stereocenters. The summed E-state index contributed by atoms with van der Waals surface area (Å²) in [5, 5.41) is 5.13. The van der Waals surface area contributed by atoms with Gasteiger partial charge < -0.3 is 4.42 Å². The van der Waals surface area contributed by atoms with Crippen LogP contribution in [0.4, 0.5) is 0 Å². The number of aryl methyl sites for hydroxylation is 3. The smallest absolute Gasteiger partial charge is 0.246 e. The predicted octanol–water partition coefficient (Wildman–Crippen LogP) is 1.99. The summed E-state index contributed by atoms with van der Waals surface area (Å²) >= 11 is 0. The summed E-state index contributed by atoms with van der Waals surface area (Å²) in [5.41, 5.74) is 2.46. The van der Waals surface area contributed by atoms with Gasteiger partial charge in [0.2, 0.25) is 5.71 Å². The summed E-state index contributed by atoms with van der Waals surface area (Å²) in [6.07, 6.45) is 0. The fourth-order valence-corrected chi connectivity index (χ4v) is 1.70. The number of ketones is 1. The van der Waals surface area contributed by atoms with E-state index < -0.39 is 0 Å². The van der Waals surface area contributed by atoms with Gasteiger partial charge in [-0.1, -0.05) is 0 Å². The fourth-order valence-electron chi connectivity index (χ4n) is 1.70. The minimum Gasteiger partial charge on any atom is -0.433 e. The Labute approximate surface area is 81.5 Å². The third-order valence-electron chi connectivity index (χ3n) is 2.54. The summed E-state index contributed by atoms with van der Waals surface area (Å²) in [6, 6.07) is 0. The maximum atomic E-state index is 11.2. The minimum absolute atomic E-state index is 0.0532. The van der Waals surface area contributed by atoms with Gasteiger partial charge in [0.15, 0.2) is 11.5 Å². The summed E-state index contributed by atoms with van der Waals surface area (Å²) < 4.78 is 7.14. The molecule has 0 saturated heterocycles. The normalized spacial score (nSPS) is 11.1. The van der Waals surface area contributed by atoms with E-state index in [-0.39, 0.29) is 5.78 Å². The van der Waals surface area contributed by atoms with Gasteiger partial charge in [-0.2, -0.15) is 0 Å².